The normalized spacial score (nSPS) is 13.5. The second-order valence-electron chi connectivity index (χ2n) is 2.02. The number of pyridine rings is 1. The van der Waals surface area contributed by atoms with Crippen molar-refractivity contribution < 1.29 is 13.2 Å². The Bertz CT molecular complexity index is 212. The summed E-state index contributed by atoms with van der Waals surface area (Å²) in [6.07, 6.45) is -2.59. The molecule has 1 atom stereocenters. The van der Waals surface area contributed by atoms with Gasteiger partial charge in [-0.3, -0.25) is 4.98 Å². The Morgan fingerprint density at radius 2 is 1.64 bits per heavy atom. The van der Waals surface area contributed by atoms with E-state index in [2.05, 4.69) is 4.98 Å². The van der Waals surface area contributed by atoms with Crippen molar-refractivity contribution in [2.75, 3.05) is 0 Å². The molecule has 0 aliphatic heterocycles. The number of rotatable bonds is 2. The molecule has 1 aromatic heterocycles. The van der Waals surface area contributed by atoms with Crippen molar-refractivity contribution in [2.24, 2.45) is 0 Å². The van der Waals surface area contributed by atoms with Crippen molar-refractivity contribution in [3.8, 4) is 0 Å². The molecule has 0 aliphatic rings. The Labute approximate surface area is 61.9 Å². The van der Waals surface area contributed by atoms with E-state index in [1.54, 1.807) is 0 Å². The van der Waals surface area contributed by atoms with Gasteiger partial charge in [0.15, 0.2) is 6.17 Å². The van der Waals surface area contributed by atoms with Crippen molar-refractivity contribution in [3.05, 3.63) is 30.1 Å². The molecule has 1 aromatic rings. The molecule has 11 heavy (non-hydrogen) atoms. The first-order valence-corrected chi connectivity index (χ1v) is 3.04. The summed E-state index contributed by atoms with van der Waals surface area (Å²) < 4.78 is 35.9. The summed E-state index contributed by atoms with van der Waals surface area (Å²) in [7, 11) is 0. The second-order valence-corrected chi connectivity index (χ2v) is 2.02. The Morgan fingerprint density at radius 3 is 2.09 bits per heavy atom. The van der Waals surface area contributed by atoms with E-state index in [1.165, 1.54) is 24.5 Å². The van der Waals surface area contributed by atoms with E-state index >= 15 is 0 Å². The molecule has 0 amide bonds. The third kappa shape index (κ3) is 1.93. The van der Waals surface area contributed by atoms with Crippen LogP contribution in [0.1, 0.15) is 11.7 Å². The van der Waals surface area contributed by atoms with Gasteiger partial charge in [0.25, 0.3) is 6.43 Å². The van der Waals surface area contributed by atoms with Crippen molar-refractivity contribution in [2.45, 2.75) is 12.6 Å². The summed E-state index contributed by atoms with van der Waals surface area (Å²) in [4.78, 5) is 3.58. The average Bonchev–Trinajstić information content (AvgIpc) is 2.05. The first-order valence-electron chi connectivity index (χ1n) is 3.04. The maximum atomic E-state index is 12.5. The molecule has 1 heterocycles. The van der Waals surface area contributed by atoms with Crippen molar-refractivity contribution >= 4 is 0 Å². The van der Waals surface area contributed by atoms with E-state index in [-0.39, 0.29) is 5.56 Å². The molecule has 0 saturated heterocycles. The molecule has 0 radical (unpaired) electrons. The first kappa shape index (κ1) is 8.04. The van der Waals surface area contributed by atoms with Crippen LogP contribution < -0.4 is 0 Å². The lowest BCUT2D eigenvalue weighted by molar-refractivity contribution is 0.0495. The van der Waals surface area contributed by atoms with Gasteiger partial charge in [0.05, 0.1) is 0 Å². The average molecular weight is 161 g/mol. The number of halogens is 3. The molecule has 1 rings (SSSR count). The first-order chi connectivity index (χ1) is 5.22. The van der Waals surface area contributed by atoms with Crippen LogP contribution in [-0.4, -0.2) is 11.4 Å². The summed E-state index contributed by atoms with van der Waals surface area (Å²) in [6, 6.07) is 2.47. The van der Waals surface area contributed by atoms with E-state index in [0.29, 0.717) is 0 Å². The molecule has 0 aliphatic carbocycles. The highest BCUT2D eigenvalue weighted by atomic mass is 19.3. The van der Waals surface area contributed by atoms with E-state index < -0.39 is 12.6 Å². The van der Waals surface area contributed by atoms with Crippen LogP contribution in [0.25, 0.3) is 0 Å². The summed E-state index contributed by atoms with van der Waals surface area (Å²) in [5.74, 6) is 0. The van der Waals surface area contributed by atoms with Gasteiger partial charge in [-0.25, -0.2) is 13.2 Å². The van der Waals surface area contributed by atoms with Gasteiger partial charge in [-0.1, -0.05) is 0 Å². The smallest absolute Gasteiger partial charge is 0.265 e. The van der Waals surface area contributed by atoms with Gasteiger partial charge in [0, 0.05) is 12.4 Å². The molecular weight excluding hydrogens is 155 g/mol. The number of hydrogen-bond donors (Lipinski definition) is 0. The van der Waals surface area contributed by atoms with Gasteiger partial charge in [-0.15, -0.1) is 0 Å². The summed E-state index contributed by atoms with van der Waals surface area (Å²) in [5, 5.41) is 0. The van der Waals surface area contributed by atoms with Crippen LogP contribution in [0.3, 0.4) is 0 Å². The highest BCUT2D eigenvalue weighted by molar-refractivity contribution is 5.13. The summed E-state index contributed by atoms with van der Waals surface area (Å²) in [6.45, 7) is 0. The number of aromatic nitrogens is 1. The van der Waals surface area contributed by atoms with Gasteiger partial charge in [0.1, 0.15) is 0 Å². The standard InChI is InChI=1S/C7H6F3N/c8-6(7(9)10)5-1-3-11-4-2-5/h1-4,6-7H. The van der Waals surface area contributed by atoms with Crippen LogP contribution in [0, 0.1) is 0 Å². The molecule has 1 nitrogen and oxygen atoms in total. The van der Waals surface area contributed by atoms with Gasteiger partial charge in [-0.2, -0.15) is 0 Å². The van der Waals surface area contributed by atoms with Crippen LogP contribution in [0.5, 0.6) is 0 Å². The molecule has 0 spiro atoms. The minimum Gasteiger partial charge on any atom is -0.265 e. The van der Waals surface area contributed by atoms with Crippen molar-refractivity contribution in [3.63, 3.8) is 0 Å². The molecule has 0 fully saturated rings. The second kappa shape index (κ2) is 3.37. The lowest BCUT2D eigenvalue weighted by Gasteiger charge is -2.04. The van der Waals surface area contributed by atoms with E-state index in [9.17, 15) is 13.2 Å². The zero-order chi connectivity index (χ0) is 8.27. The molecular formula is C7H6F3N. The zero-order valence-corrected chi connectivity index (χ0v) is 5.55. The lowest BCUT2D eigenvalue weighted by atomic mass is 10.2. The Kier molecular flexibility index (Phi) is 2.46. The van der Waals surface area contributed by atoms with Crippen LogP contribution >= 0.6 is 0 Å². The fourth-order valence-electron chi connectivity index (χ4n) is 0.693. The highest BCUT2D eigenvalue weighted by Crippen LogP contribution is 2.23. The van der Waals surface area contributed by atoms with Gasteiger partial charge in [-0.05, 0) is 17.7 Å². The zero-order valence-electron chi connectivity index (χ0n) is 5.55. The minimum absolute atomic E-state index is 0.0324. The maximum absolute atomic E-state index is 12.5. The van der Waals surface area contributed by atoms with Crippen LogP contribution in [0.2, 0.25) is 0 Å². The molecule has 4 heteroatoms. The molecule has 0 N–H and O–H groups in total. The number of alkyl halides is 3. The molecule has 0 bridgehead atoms. The SMILES string of the molecule is FC(F)C(F)c1ccncc1. The maximum Gasteiger partial charge on any atom is 0.273 e. The van der Waals surface area contributed by atoms with E-state index in [0.717, 1.165) is 0 Å². The van der Waals surface area contributed by atoms with Crippen molar-refractivity contribution in [1.82, 2.24) is 4.98 Å². The van der Waals surface area contributed by atoms with Gasteiger partial charge >= 0.3 is 0 Å². The Balaban J connectivity index is 2.77. The van der Waals surface area contributed by atoms with Gasteiger partial charge in [0.2, 0.25) is 0 Å². The van der Waals surface area contributed by atoms with Crippen LogP contribution in [0.15, 0.2) is 24.5 Å². The van der Waals surface area contributed by atoms with Gasteiger partial charge < -0.3 is 0 Å². The summed E-state index contributed by atoms with van der Waals surface area (Å²) in [5.41, 5.74) is -0.0324. The fourth-order valence-corrected chi connectivity index (χ4v) is 0.693. The minimum atomic E-state index is -2.96. The quantitative estimate of drug-likeness (QED) is 0.648. The Hall–Kier alpha value is -1.06. The largest absolute Gasteiger partial charge is 0.273 e. The summed E-state index contributed by atoms with van der Waals surface area (Å²) >= 11 is 0. The lowest BCUT2D eigenvalue weighted by Crippen LogP contribution is -2.02. The molecule has 60 valence electrons. The highest BCUT2D eigenvalue weighted by Gasteiger charge is 2.20. The molecule has 1 unspecified atom stereocenters. The monoisotopic (exact) mass is 161 g/mol. The predicted molar refractivity (Wildman–Crippen MR) is 34.1 cm³/mol. The van der Waals surface area contributed by atoms with E-state index in [1.807, 2.05) is 0 Å². The third-order valence-electron chi connectivity index (χ3n) is 1.25. The topological polar surface area (TPSA) is 12.9 Å². The molecule has 0 saturated carbocycles. The van der Waals surface area contributed by atoms with Crippen LogP contribution in [-0.2, 0) is 0 Å². The van der Waals surface area contributed by atoms with Crippen LogP contribution in [0.4, 0.5) is 13.2 Å². The number of nitrogens with zero attached hydrogens (tertiary/aromatic N) is 1. The van der Waals surface area contributed by atoms with E-state index in [4.69, 9.17) is 0 Å². The Morgan fingerprint density at radius 1 is 1.09 bits per heavy atom. The fraction of sp³-hybridized carbons (Fsp3) is 0.286. The van der Waals surface area contributed by atoms with Crippen molar-refractivity contribution in [1.29, 1.82) is 0 Å². The molecule has 0 aromatic carbocycles. The predicted octanol–water partition coefficient (Wildman–Crippen LogP) is 2.36. The third-order valence-corrected chi connectivity index (χ3v) is 1.25. The number of hydrogen-bond acceptors (Lipinski definition) is 1.